The molecular weight excluding hydrogens is 564 g/mol. The number of amides is 3. The molecule has 0 spiro atoms. The maximum Gasteiger partial charge on any atom is 0.247 e. The zero-order chi connectivity index (χ0) is 33.3. The van der Waals surface area contributed by atoms with Crippen LogP contribution in [0.15, 0.2) is 72.3 Å². The largest absolute Gasteiger partial charge is 0.386 e. The molecule has 1 fully saturated rings. The molecule has 0 aliphatic carbocycles. The average molecular weight is 619 g/mol. The lowest BCUT2D eigenvalue weighted by atomic mass is 9.94. The van der Waals surface area contributed by atoms with Gasteiger partial charge in [-0.1, -0.05) is 101 Å². The quantitative estimate of drug-likeness (QED) is 0.261. The number of piperidine rings is 1. The van der Waals surface area contributed by atoms with E-state index in [4.69, 9.17) is 0 Å². The van der Waals surface area contributed by atoms with Crippen LogP contribution in [0.3, 0.4) is 0 Å². The van der Waals surface area contributed by atoms with Crippen LogP contribution in [0.2, 0.25) is 0 Å². The number of likely N-dealkylation sites (tertiary alicyclic amines) is 1. The predicted octanol–water partition coefficient (Wildman–Crippen LogP) is 5.41. The van der Waals surface area contributed by atoms with Gasteiger partial charge in [-0.3, -0.25) is 19.3 Å². The molecule has 2 aromatic rings. The molecule has 246 valence electrons. The summed E-state index contributed by atoms with van der Waals surface area (Å²) in [6, 6.07) is 16.9. The Balaban J connectivity index is 1.80. The van der Waals surface area contributed by atoms with Gasteiger partial charge in [0.1, 0.15) is 12.1 Å². The number of aliphatic hydroxyl groups is 1. The van der Waals surface area contributed by atoms with Gasteiger partial charge in [-0.15, -0.1) is 0 Å². The average Bonchev–Trinajstić information content (AvgIpc) is 3.04. The Morgan fingerprint density at radius 1 is 0.867 bits per heavy atom. The number of hydrogen-bond donors (Lipinski definition) is 3. The van der Waals surface area contributed by atoms with E-state index in [0.717, 1.165) is 31.4 Å². The molecule has 0 aromatic heterocycles. The monoisotopic (exact) mass is 618 g/mol. The van der Waals surface area contributed by atoms with Gasteiger partial charge in [0, 0.05) is 18.7 Å². The molecule has 3 N–H and O–H groups in total. The minimum Gasteiger partial charge on any atom is -0.386 e. The molecule has 1 heterocycles. The third-order valence-electron chi connectivity index (χ3n) is 8.90. The highest BCUT2D eigenvalue weighted by molar-refractivity contribution is 5.94. The van der Waals surface area contributed by atoms with Gasteiger partial charge in [0.25, 0.3) is 0 Å². The zero-order valence-electron chi connectivity index (χ0n) is 28.4. The van der Waals surface area contributed by atoms with E-state index in [1.807, 2.05) is 94.4 Å². The second kappa shape index (κ2) is 16.7. The molecule has 1 aliphatic rings. The van der Waals surface area contributed by atoms with Gasteiger partial charge in [-0.05, 0) is 63.1 Å². The highest BCUT2D eigenvalue weighted by atomic mass is 16.3. The number of carbonyl (C=O) groups is 3. The number of aliphatic hydroxyl groups excluding tert-OH is 1. The van der Waals surface area contributed by atoms with E-state index < -0.39 is 24.2 Å². The number of carbonyl (C=O) groups excluding carboxylic acids is 3. The number of likely N-dealkylation sites (N-methyl/N-ethyl adjacent to an activating group) is 1. The summed E-state index contributed by atoms with van der Waals surface area (Å²) in [5.74, 6) is -0.729. The van der Waals surface area contributed by atoms with Crippen molar-refractivity contribution in [3.05, 3.63) is 83.4 Å². The molecule has 0 saturated carbocycles. The number of nitrogens with zero attached hydrogens (tertiary/aromatic N) is 2. The standard InChI is InChI=1S/C37H54N4O4/c1-24(2)31(40(8)37(45)32(25(3)4)38-36(44)30-21-15-16-22-41(30)26(5)6)23-27(7)35(43)39-33(28-17-11-9-12-18-28)34(42)29-19-13-10-14-20-29/h9-14,17-20,23-26,30-34,42H,15-16,21-22H2,1-8H3,(H,38,44)(H,39,43)/b27-23+. The number of benzene rings is 2. The lowest BCUT2D eigenvalue weighted by molar-refractivity contribution is -0.140. The molecule has 1 saturated heterocycles. The summed E-state index contributed by atoms with van der Waals surface area (Å²) >= 11 is 0. The third kappa shape index (κ3) is 9.50. The fourth-order valence-electron chi connectivity index (χ4n) is 6.17. The van der Waals surface area contributed by atoms with Crippen molar-refractivity contribution >= 4 is 17.7 Å². The van der Waals surface area contributed by atoms with Gasteiger partial charge in [0.15, 0.2) is 0 Å². The van der Waals surface area contributed by atoms with Crippen LogP contribution >= 0.6 is 0 Å². The highest BCUT2D eigenvalue weighted by Crippen LogP contribution is 2.29. The first kappa shape index (κ1) is 36.0. The third-order valence-corrected chi connectivity index (χ3v) is 8.90. The molecule has 2 aromatic carbocycles. The second-order valence-corrected chi connectivity index (χ2v) is 13.3. The van der Waals surface area contributed by atoms with Gasteiger partial charge >= 0.3 is 0 Å². The van der Waals surface area contributed by atoms with E-state index in [-0.39, 0.29) is 41.6 Å². The molecule has 5 unspecified atom stereocenters. The van der Waals surface area contributed by atoms with E-state index in [1.54, 1.807) is 18.9 Å². The van der Waals surface area contributed by atoms with Crippen molar-refractivity contribution < 1.29 is 19.5 Å². The molecule has 8 nitrogen and oxygen atoms in total. The molecule has 5 atom stereocenters. The normalized spacial score (nSPS) is 18.8. The summed E-state index contributed by atoms with van der Waals surface area (Å²) in [6.45, 7) is 14.7. The van der Waals surface area contributed by atoms with Gasteiger partial charge in [0.05, 0.1) is 18.1 Å². The van der Waals surface area contributed by atoms with Crippen molar-refractivity contribution in [1.29, 1.82) is 0 Å². The molecule has 0 bridgehead atoms. The topological polar surface area (TPSA) is 102 Å². The van der Waals surface area contributed by atoms with Crippen molar-refractivity contribution in [1.82, 2.24) is 20.4 Å². The predicted molar refractivity (Wildman–Crippen MR) is 180 cm³/mol. The molecular formula is C37H54N4O4. The number of hydrogen-bond acceptors (Lipinski definition) is 5. The lowest BCUT2D eigenvalue weighted by Gasteiger charge is -2.39. The smallest absolute Gasteiger partial charge is 0.247 e. The fraction of sp³-hybridized carbons (Fsp3) is 0.541. The van der Waals surface area contributed by atoms with E-state index in [2.05, 4.69) is 29.4 Å². The summed E-state index contributed by atoms with van der Waals surface area (Å²) < 4.78 is 0. The van der Waals surface area contributed by atoms with Crippen molar-refractivity contribution in [2.24, 2.45) is 11.8 Å². The molecule has 0 radical (unpaired) electrons. The Labute approximate surface area is 270 Å². The van der Waals surface area contributed by atoms with Crippen molar-refractivity contribution in [3.63, 3.8) is 0 Å². The Hall–Kier alpha value is -3.49. The molecule has 1 aliphatic heterocycles. The summed E-state index contributed by atoms with van der Waals surface area (Å²) in [4.78, 5) is 44.9. The van der Waals surface area contributed by atoms with Gasteiger partial charge in [-0.25, -0.2) is 0 Å². The van der Waals surface area contributed by atoms with E-state index in [0.29, 0.717) is 11.1 Å². The number of nitrogens with one attached hydrogen (secondary N) is 2. The first-order valence-corrected chi connectivity index (χ1v) is 16.4. The maximum atomic E-state index is 14.0. The Kier molecular flexibility index (Phi) is 13.4. The van der Waals surface area contributed by atoms with Crippen LogP contribution in [0.1, 0.15) is 91.0 Å². The summed E-state index contributed by atoms with van der Waals surface area (Å²) in [5, 5.41) is 17.4. The van der Waals surface area contributed by atoms with E-state index >= 15 is 0 Å². The van der Waals surface area contributed by atoms with Crippen LogP contribution in [-0.4, -0.2) is 70.4 Å². The number of rotatable bonds is 13. The maximum absolute atomic E-state index is 14.0. The first-order valence-electron chi connectivity index (χ1n) is 16.4. The van der Waals surface area contributed by atoms with Crippen LogP contribution in [0.4, 0.5) is 0 Å². The summed E-state index contributed by atoms with van der Waals surface area (Å²) in [7, 11) is 1.74. The highest BCUT2D eigenvalue weighted by Gasteiger charge is 2.36. The van der Waals surface area contributed by atoms with E-state index in [9.17, 15) is 19.5 Å². The Morgan fingerprint density at radius 3 is 1.98 bits per heavy atom. The van der Waals surface area contributed by atoms with Crippen LogP contribution in [0.25, 0.3) is 0 Å². The van der Waals surface area contributed by atoms with Crippen LogP contribution in [0.5, 0.6) is 0 Å². The minimum atomic E-state index is -0.957. The molecule has 3 amide bonds. The van der Waals surface area contributed by atoms with Crippen molar-refractivity contribution in [2.75, 3.05) is 13.6 Å². The van der Waals surface area contributed by atoms with Gasteiger partial charge in [0.2, 0.25) is 17.7 Å². The molecule has 3 rings (SSSR count). The van der Waals surface area contributed by atoms with Crippen molar-refractivity contribution in [2.45, 2.75) is 104 Å². The second-order valence-electron chi connectivity index (χ2n) is 13.3. The van der Waals surface area contributed by atoms with E-state index in [1.165, 1.54) is 0 Å². The van der Waals surface area contributed by atoms with Gasteiger partial charge < -0.3 is 20.6 Å². The van der Waals surface area contributed by atoms with Crippen LogP contribution < -0.4 is 10.6 Å². The Morgan fingerprint density at radius 2 is 1.44 bits per heavy atom. The van der Waals surface area contributed by atoms with Crippen molar-refractivity contribution in [3.8, 4) is 0 Å². The molecule has 8 heteroatoms. The zero-order valence-corrected chi connectivity index (χ0v) is 28.4. The first-order chi connectivity index (χ1) is 21.3. The fourth-order valence-corrected chi connectivity index (χ4v) is 6.17. The van der Waals surface area contributed by atoms with Gasteiger partial charge in [-0.2, -0.15) is 0 Å². The SMILES string of the molecule is C/C(=C\C(C(C)C)N(C)C(=O)C(NC(=O)C1CCCCN1C(C)C)C(C)C)C(=O)NC(c1ccccc1)C(O)c1ccccc1. The van der Waals surface area contributed by atoms with Crippen LogP contribution in [-0.2, 0) is 14.4 Å². The summed E-state index contributed by atoms with van der Waals surface area (Å²) in [5.41, 5.74) is 1.92. The lowest BCUT2D eigenvalue weighted by Crippen LogP contribution is -2.58. The van der Waals surface area contributed by atoms with Crippen LogP contribution in [0, 0.1) is 11.8 Å². The molecule has 45 heavy (non-hydrogen) atoms. The Bertz CT molecular complexity index is 1280. The minimum absolute atomic E-state index is 0.000167. The summed E-state index contributed by atoms with van der Waals surface area (Å²) in [6.07, 6.45) is 3.71.